The van der Waals surface area contributed by atoms with Crippen molar-refractivity contribution >= 4 is 29.4 Å². The number of aromatic nitrogens is 3. The Balaban J connectivity index is 1.72. The lowest BCUT2D eigenvalue weighted by atomic mass is 9.93. The van der Waals surface area contributed by atoms with Gasteiger partial charge in [-0.05, 0) is 42.7 Å². The fraction of sp³-hybridized carbons (Fsp3) is 0.433. The first-order chi connectivity index (χ1) is 22.0. The number of benzene rings is 1. The van der Waals surface area contributed by atoms with Gasteiger partial charge in [0.25, 0.3) is 0 Å². The number of carboxylic acid groups (broad SMARTS) is 1. The SMILES string of the molecule is CC[C@@H]1C[C@H](Nc2ncc(N(C)C)c(Cc3cc(C(F)(F)F)cc(C(F)(F)F)c3)n2)c2nc(OC)ccc2N1C(=O)OCCC(=O)O. The van der Waals surface area contributed by atoms with Gasteiger partial charge < -0.3 is 24.8 Å². The number of rotatable bonds is 10. The highest BCUT2D eigenvalue weighted by Crippen LogP contribution is 2.41. The lowest BCUT2D eigenvalue weighted by Gasteiger charge is -2.39. The Morgan fingerprint density at radius 1 is 1.06 bits per heavy atom. The molecular formula is C30H32F6N6O5. The molecule has 0 fully saturated rings. The van der Waals surface area contributed by atoms with Gasteiger partial charge in [0.15, 0.2) is 0 Å². The third-order valence-corrected chi connectivity index (χ3v) is 7.41. The highest BCUT2D eigenvalue weighted by atomic mass is 19.4. The second-order valence-corrected chi connectivity index (χ2v) is 10.9. The van der Waals surface area contributed by atoms with Gasteiger partial charge in [-0.2, -0.15) is 26.3 Å². The first kappa shape index (κ1) is 35.0. The molecule has 0 spiro atoms. The number of ether oxygens (including phenoxy) is 2. The van der Waals surface area contributed by atoms with Crippen molar-refractivity contribution in [2.75, 3.05) is 42.9 Å². The molecule has 2 atom stereocenters. The van der Waals surface area contributed by atoms with Crippen LogP contribution in [0.5, 0.6) is 5.88 Å². The maximum Gasteiger partial charge on any atom is 0.416 e. The molecule has 0 saturated heterocycles. The molecule has 4 rings (SSSR count). The van der Waals surface area contributed by atoms with Crippen LogP contribution in [0.4, 0.5) is 48.5 Å². The van der Waals surface area contributed by atoms with Gasteiger partial charge in [0.1, 0.15) is 6.61 Å². The second kappa shape index (κ2) is 13.9. The Morgan fingerprint density at radius 2 is 1.72 bits per heavy atom. The van der Waals surface area contributed by atoms with E-state index in [-0.39, 0.29) is 55.0 Å². The molecule has 0 saturated carbocycles. The van der Waals surface area contributed by atoms with Crippen LogP contribution in [0.15, 0.2) is 36.5 Å². The lowest BCUT2D eigenvalue weighted by Crippen LogP contribution is -2.46. The van der Waals surface area contributed by atoms with Crippen LogP contribution in [-0.4, -0.2) is 66.0 Å². The first-order valence-corrected chi connectivity index (χ1v) is 14.3. The average Bonchev–Trinajstić information content (AvgIpc) is 2.99. The molecule has 0 bridgehead atoms. The molecule has 0 radical (unpaired) electrons. The van der Waals surface area contributed by atoms with Crippen LogP contribution in [0.2, 0.25) is 0 Å². The van der Waals surface area contributed by atoms with Crippen LogP contribution in [0, 0.1) is 0 Å². The van der Waals surface area contributed by atoms with Crippen LogP contribution in [0.1, 0.15) is 60.3 Å². The van der Waals surface area contributed by atoms with Crippen LogP contribution >= 0.6 is 0 Å². The predicted molar refractivity (Wildman–Crippen MR) is 158 cm³/mol. The molecular weight excluding hydrogens is 638 g/mol. The second-order valence-electron chi connectivity index (χ2n) is 10.9. The zero-order valence-electron chi connectivity index (χ0n) is 25.7. The number of hydrogen-bond donors (Lipinski definition) is 2. The van der Waals surface area contributed by atoms with Gasteiger partial charge in [-0.25, -0.2) is 19.7 Å². The summed E-state index contributed by atoms with van der Waals surface area (Å²) < 4.78 is 91.7. The van der Waals surface area contributed by atoms with Crippen LogP contribution in [-0.2, 0) is 28.3 Å². The number of amides is 1. The third kappa shape index (κ3) is 8.31. The molecule has 1 aliphatic heterocycles. The summed E-state index contributed by atoms with van der Waals surface area (Å²) in [7, 11) is 4.67. The van der Waals surface area contributed by atoms with Crippen molar-refractivity contribution in [3.63, 3.8) is 0 Å². The minimum absolute atomic E-state index is 0.0153. The number of alkyl halides is 6. The molecule has 11 nitrogen and oxygen atoms in total. The van der Waals surface area contributed by atoms with E-state index in [4.69, 9.17) is 14.6 Å². The fourth-order valence-corrected chi connectivity index (χ4v) is 5.18. The Bertz CT molecular complexity index is 1580. The number of fused-ring (bicyclic) bond motifs is 1. The number of nitrogens with one attached hydrogen (secondary N) is 1. The number of carbonyl (C=O) groups is 2. The maximum absolute atomic E-state index is 13.5. The normalized spacial score (nSPS) is 16.3. The number of halogens is 6. The Morgan fingerprint density at radius 3 is 2.28 bits per heavy atom. The van der Waals surface area contributed by atoms with Crippen molar-refractivity contribution < 1.29 is 50.5 Å². The summed E-state index contributed by atoms with van der Waals surface area (Å²) in [5.41, 5.74) is -1.89. The summed E-state index contributed by atoms with van der Waals surface area (Å²) in [6, 6.07) is 3.46. The Labute approximate surface area is 265 Å². The van der Waals surface area contributed by atoms with Gasteiger partial charge in [0.2, 0.25) is 11.8 Å². The monoisotopic (exact) mass is 670 g/mol. The molecule has 1 aliphatic rings. The number of nitrogens with zero attached hydrogens (tertiary/aromatic N) is 5. The largest absolute Gasteiger partial charge is 0.481 e. The highest BCUT2D eigenvalue weighted by Gasteiger charge is 2.39. The lowest BCUT2D eigenvalue weighted by molar-refractivity contribution is -0.143. The number of carbonyl (C=O) groups excluding carboxylic acids is 1. The van der Waals surface area contributed by atoms with Crippen molar-refractivity contribution in [1.29, 1.82) is 0 Å². The number of aliphatic carboxylic acids is 1. The van der Waals surface area contributed by atoms with E-state index >= 15 is 0 Å². The van der Waals surface area contributed by atoms with Crippen LogP contribution < -0.4 is 19.9 Å². The highest BCUT2D eigenvalue weighted by molar-refractivity contribution is 5.90. The number of anilines is 3. The van der Waals surface area contributed by atoms with E-state index in [0.717, 1.165) is 0 Å². The van der Waals surface area contributed by atoms with E-state index in [9.17, 15) is 35.9 Å². The Hall–Kier alpha value is -4.83. The molecule has 17 heteroatoms. The number of pyridine rings is 1. The number of carboxylic acids is 1. The van der Waals surface area contributed by atoms with Gasteiger partial charge in [0.05, 0.1) is 59.7 Å². The number of methoxy groups -OCH3 is 1. The van der Waals surface area contributed by atoms with E-state index in [1.165, 1.54) is 24.3 Å². The quantitative estimate of drug-likeness (QED) is 0.236. The van der Waals surface area contributed by atoms with Crippen molar-refractivity contribution in [2.45, 2.75) is 57.0 Å². The van der Waals surface area contributed by atoms with Crippen molar-refractivity contribution in [3.05, 3.63) is 64.6 Å². The third-order valence-electron chi connectivity index (χ3n) is 7.41. The molecule has 3 aromatic rings. The fourth-order valence-electron chi connectivity index (χ4n) is 5.18. The first-order valence-electron chi connectivity index (χ1n) is 14.3. The molecule has 2 aromatic heterocycles. The average molecular weight is 671 g/mol. The minimum atomic E-state index is -5.01. The maximum atomic E-state index is 13.5. The van der Waals surface area contributed by atoms with Crippen LogP contribution in [0.25, 0.3) is 0 Å². The minimum Gasteiger partial charge on any atom is -0.481 e. The number of hydrogen-bond acceptors (Lipinski definition) is 9. The molecule has 0 aliphatic carbocycles. The predicted octanol–water partition coefficient (Wildman–Crippen LogP) is 6.33. The summed E-state index contributed by atoms with van der Waals surface area (Å²) in [4.78, 5) is 40.3. The zero-order chi connectivity index (χ0) is 34.7. The Kier molecular flexibility index (Phi) is 10.3. The molecule has 0 unspecified atom stereocenters. The molecule has 254 valence electrons. The molecule has 1 amide bonds. The summed E-state index contributed by atoms with van der Waals surface area (Å²) in [5.74, 6) is -0.895. The summed E-state index contributed by atoms with van der Waals surface area (Å²) >= 11 is 0. The molecule has 1 aromatic carbocycles. The van der Waals surface area contributed by atoms with Crippen molar-refractivity contribution in [1.82, 2.24) is 15.0 Å². The summed E-state index contributed by atoms with van der Waals surface area (Å²) in [5, 5.41) is 12.1. The van der Waals surface area contributed by atoms with E-state index in [0.29, 0.717) is 35.6 Å². The van der Waals surface area contributed by atoms with Crippen LogP contribution in [0.3, 0.4) is 0 Å². The molecule has 3 heterocycles. The van der Waals surface area contributed by atoms with E-state index in [2.05, 4.69) is 20.3 Å². The summed E-state index contributed by atoms with van der Waals surface area (Å²) in [6.07, 6.45) is -9.42. The van der Waals surface area contributed by atoms with Gasteiger partial charge in [-0.1, -0.05) is 6.92 Å². The van der Waals surface area contributed by atoms with Gasteiger partial charge >= 0.3 is 24.4 Å². The van der Waals surface area contributed by atoms with Crippen molar-refractivity contribution in [3.8, 4) is 5.88 Å². The van der Waals surface area contributed by atoms with Crippen molar-refractivity contribution in [2.24, 2.45) is 0 Å². The molecule has 2 N–H and O–H groups in total. The summed E-state index contributed by atoms with van der Waals surface area (Å²) in [6.45, 7) is 1.50. The van der Waals surface area contributed by atoms with Gasteiger partial charge in [-0.3, -0.25) is 9.69 Å². The smallest absolute Gasteiger partial charge is 0.416 e. The zero-order valence-corrected chi connectivity index (χ0v) is 25.7. The van der Waals surface area contributed by atoms with E-state index < -0.39 is 47.6 Å². The standard InChI is InChI=1S/C30H32F6N6O5/c1-5-19-14-21(26-22(6-7-24(40-26)46-4)42(19)28(45)47-9-8-25(43)44)39-27-37-15-23(41(2)3)20(38-27)12-16-10-17(29(31,32)33)13-18(11-16)30(34,35)36/h6-7,10-11,13,15,19,21H,5,8-9,12,14H2,1-4H3,(H,43,44)(H,37,38,39)/t19-,21+/m1/s1. The van der Waals surface area contributed by atoms with E-state index in [1.807, 2.05) is 6.92 Å². The topological polar surface area (TPSA) is 130 Å². The van der Waals surface area contributed by atoms with E-state index in [1.54, 1.807) is 25.1 Å². The van der Waals surface area contributed by atoms with Gasteiger partial charge in [0, 0.05) is 32.6 Å². The van der Waals surface area contributed by atoms with Gasteiger partial charge in [-0.15, -0.1) is 0 Å². The molecule has 47 heavy (non-hydrogen) atoms.